The summed E-state index contributed by atoms with van der Waals surface area (Å²) in [6.07, 6.45) is 2.78. The van der Waals surface area contributed by atoms with E-state index in [1.807, 2.05) is 0 Å². The number of anilines is 1. The van der Waals surface area contributed by atoms with Gasteiger partial charge < -0.3 is 4.74 Å². The fourth-order valence-corrected chi connectivity index (χ4v) is 0.838. The standard InChI is InChI=1S/C9H13ClN4O2/c1-9(2,16-3)8(15)14-13-7-5-11-6(10)4-12-7/h4-5H,1-3H3,(H,12,13)(H,14,15). The molecule has 0 radical (unpaired) electrons. The van der Waals surface area contributed by atoms with Crippen molar-refractivity contribution in [2.45, 2.75) is 19.4 Å². The summed E-state index contributed by atoms with van der Waals surface area (Å²) >= 11 is 5.56. The number of rotatable bonds is 4. The van der Waals surface area contributed by atoms with Crippen LogP contribution in [0.15, 0.2) is 12.4 Å². The van der Waals surface area contributed by atoms with Gasteiger partial charge in [-0.05, 0) is 13.8 Å². The van der Waals surface area contributed by atoms with Crippen LogP contribution in [-0.2, 0) is 9.53 Å². The van der Waals surface area contributed by atoms with E-state index in [1.54, 1.807) is 13.8 Å². The Balaban J connectivity index is 2.52. The minimum absolute atomic E-state index is 0.286. The van der Waals surface area contributed by atoms with Crippen molar-refractivity contribution in [3.05, 3.63) is 17.5 Å². The molecule has 0 bridgehead atoms. The zero-order valence-corrected chi connectivity index (χ0v) is 10.00. The molecular formula is C9H13ClN4O2. The Hall–Kier alpha value is -1.40. The van der Waals surface area contributed by atoms with E-state index in [0.717, 1.165) is 0 Å². The molecule has 0 unspecified atom stereocenters. The highest BCUT2D eigenvalue weighted by molar-refractivity contribution is 6.29. The predicted octanol–water partition coefficient (Wildman–Crippen LogP) is 0.998. The molecule has 1 amide bonds. The molecule has 0 aromatic carbocycles. The third-order valence-corrected chi connectivity index (χ3v) is 2.18. The zero-order chi connectivity index (χ0) is 12.2. The van der Waals surface area contributed by atoms with Gasteiger partial charge in [0.2, 0.25) is 0 Å². The first-order valence-corrected chi connectivity index (χ1v) is 4.92. The molecule has 1 aromatic heterocycles. The highest BCUT2D eigenvalue weighted by atomic mass is 35.5. The Morgan fingerprint density at radius 2 is 2.12 bits per heavy atom. The van der Waals surface area contributed by atoms with E-state index in [-0.39, 0.29) is 11.1 Å². The average molecular weight is 245 g/mol. The van der Waals surface area contributed by atoms with Crippen LogP contribution in [0, 0.1) is 0 Å². The number of carbonyl (C=O) groups excluding carboxylic acids is 1. The Bertz CT molecular complexity index is 366. The normalized spacial score (nSPS) is 11.0. The summed E-state index contributed by atoms with van der Waals surface area (Å²) in [6, 6.07) is 0. The second-order valence-corrected chi connectivity index (χ2v) is 3.91. The molecule has 16 heavy (non-hydrogen) atoms. The van der Waals surface area contributed by atoms with E-state index in [1.165, 1.54) is 19.5 Å². The number of halogens is 1. The van der Waals surface area contributed by atoms with Crippen LogP contribution < -0.4 is 10.9 Å². The Morgan fingerprint density at radius 3 is 2.62 bits per heavy atom. The molecule has 7 heteroatoms. The summed E-state index contributed by atoms with van der Waals surface area (Å²) in [5.41, 5.74) is 4.14. The van der Waals surface area contributed by atoms with Crippen LogP contribution in [0.5, 0.6) is 0 Å². The second-order valence-electron chi connectivity index (χ2n) is 3.52. The minimum atomic E-state index is -0.910. The Labute approximate surface area is 98.3 Å². The van der Waals surface area contributed by atoms with Crippen molar-refractivity contribution in [2.24, 2.45) is 0 Å². The number of amides is 1. The number of hydrazine groups is 1. The number of hydrogen-bond donors (Lipinski definition) is 2. The molecule has 1 rings (SSSR count). The lowest BCUT2D eigenvalue weighted by Crippen LogP contribution is -2.46. The van der Waals surface area contributed by atoms with Gasteiger partial charge in [0.1, 0.15) is 10.8 Å². The van der Waals surface area contributed by atoms with Crippen molar-refractivity contribution in [2.75, 3.05) is 12.5 Å². The van der Waals surface area contributed by atoms with Crippen LogP contribution in [-0.4, -0.2) is 28.6 Å². The van der Waals surface area contributed by atoms with Crippen LogP contribution >= 0.6 is 11.6 Å². The zero-order valence-electron chi connectivity index (χ0n) is 9.24. The van der Waals surface area contributed by atoms with Gasteiger partial charge in [-0.2, -0.15) is 0 Å². The molecule has 0 aliphatic heterocycles. The van der Waals surface area contributed by atoms with Crippen LogP contribution in [0.1, 0.15) is 13.8 Å². The lowest BCUT2D eigenvalue weighted by atomic mass is 10.1. The Kier molecular flexibility index (Phi) is 4.03. The van der Waals surface area contributed by atoms with E-state index in [9.17, 15) is 4.79 Å². The van der Waals surface area contributed by atoms with Gasteiger partial charge in [-0.1, -0.05) is 11.6 Å². The molecule has 0 spiro atoms. The van der Waals surface area contributed by atoms with Gasteiger partial charge in [0, 0.05) is 7.11 Å². The maximum Gasteiger partial charge on any atom is 0.269 e. The lowest BCUT2D eigenvalue weighted by Gasteiger charge is -2.21. The number of carbonyl (C=O) groups is 1. The third-order valence-electron chi connectivity index (χ3n) is 1.98. The van der Waals surface area contributed by atoms with E-state index in [2.05, 4.69) is 20.8 Å². The topological polar surface area (TPSA) is 76.1 Å². The van der Waals surface area contributed by atoms with E-state index >= 15 is 0 Å². The molecule has 0 atom stereocenters. The van der Waals surface area contributed by atoms with Crippen molar-refractivity contribution in [1.82, 2.24) is 15.4 Å². The monoisotopic (exact) mass is 244 g/mol. The molecule has 0 fully saturated rings. The maximum atomic E-state index is 11.6. The van der Waals surface area contributed by atoms with Gasteiger partial charge in [-0.15, -0.1) is 0 Å². The number of aromatic nitrogens is 2. The molecule has 1 heterocycles. The number of nitrogens with one attached hydrogen (secondary N) is 2. The van der Waals surface area contributed by atoms with Crippen molar-refractivity contribution in [1.29, 1.82) is 0 Å². The largest absolute Gasteiger partial charge is 0.369 e. The second kappa shape index (κ2) is 5.09. The van der Waals surface area contributed by atoms with Crippen molar-refractivity contribution in [3.8, 4) is 0 Å². The van der Waals surface area contributed by atoms with Crippen LogP contribution in [0.2, 0.25) is 5.15 Å². The van der Waals surface area contributed by atoms with Gasteiger partial charge in [0.05, 0.1) is 12.4 Å². The summed E-state index contributed by atoms with van der Waals surface area (Å²) in [4.78, 5) is 19.3. The summed E-state index contributed by atoms with van der Waals surface area (Å²) in [5.74, 6) is 0.0800. The van der Waals surface area contributed by atoms with Gasteiger partial charge in [-0.25, -0.2) is 9.97 Å². The maximum absolute atomic E-state index is 11.6. The number of nitrogens with zero attached hydrogens (tertiary/aromatic N) is 2. The summed E-state index contributed by atoms with van der Waals surface area (Å²) in [7, 11) is 1.46. The minimum Gasteiger partial charge on any atom is -0.369 e. The fraction of sp³-hybridized carbons (Fsp3) is 0.444. The highest BCUT2D eigenvalue weighted by Gasteiger charge is 2.26. The molecule has 0 aliphatic carbocycles. The van der Waals surface area contributed by atoms with Crippen molar-refractivity contribution < 1.29 is 9.53 Å². The summed E-state index contributed by atoms with van der Waals surface area (Å²) < 4.78 is 5.00. The molecule has 0 saturated carbocycles. The molecule has 0 aliphatic rings. The smallest absolute Gasteiger partial charge is 0.269 e. The lowest BCUT2D eigenvalue weighted by molar-refractivity contribution is -0.138. The van der Waals surface area contributed by atoms with Gasteiger partial charge >= 0.3 is 0 Å². The van der Waals surface area contributed by atoms with Gasteiger partial charge in [0.25, 0.3) is 5.91 Å². The first-order chi connectivity index (χ1) is 7.45. The predicted molar refractivity (Wildman–Crippen MR) is 59.9 cm³/mol. The van der Waals surface area contributed by atoms with E-state index in [4.69, 9.17) is 16.3 Å². The number of methoxy groups -OCH3 is 1. The average Bonchev–Trinajstić information content (AvgIpc) is 2.28. The summed E-state index contributed by atoms with van der Waals surface area (Å²) in [6.45, 7) is 3.30. The molecule has 2 N–H and O–H groups in total. The molecule has 0 saturated heterocycles. The molecule has 6 nitrogen and oxygen atoms in total. The van der Waals surface area contributed by atoms with Crippen LogP contribution in [0.3, 0.4) is 0 Å². The molecule has 1 aromatic rings. The fourth-order valence-electron chi connectivity index (χ4n) is 0.741. The Morgan fingerprint density at radius 1 is 1.44 bits per heavy atom. The van der Waals surface area contributed by atoms with Crippen LogP contribution in [0.4, 0.5) is 5.82 Å². The first kappa shape index (κ1) is 12.7. The SMILES string of the molecule is COC(C)(C)C(=O)NNc1cnc(Cl)cn1. The third kappa shape index (κ3) is 3.32. The number of ether oxygens (including phenoxy) is 1. The van der Waals surface area contributed by atoms with Gasteiger partial charge in [0.15, 0.2) is 5.82 Å². The molecular weight excluding hydrogens is 232 g/mol. The van der Waals surface area contributed by atoms with Crippen LogP contribution in [0.25, 0.3) is 0 Å². The quantitative estimate of drug-likeness (QED) is 0.773. The van der Waals surface area contributed by atoms with E-state index in [0.29, 0.717) is 5.82 Å². The highest BCUT2D eigenvalue weighted by Crippen LogP contribution is 2.08. The van der Waals surface area contributed by atoms with E-state index < -0.39 is 5.60 Å². The first-order valence-electron chi connectivity index (χ1n) is 4.55. The van der Waals surface area contributed by atoms with Gasteiger partial charge in [-0.3, -0.25) is 15.6 Å². The summed E-state index contributed by atoms with van der Waals surface area (Å²) in [5, 5.41) is 0.286. The van der Waals surface area contributed by atoms with Crippen molar-refractivity contribution in [3.63, 3.8) is 0 Å². The van der Waals surface area contributed by atoms with Crippen molar-refractivity contribution >= 4 is 23.3 Å². The molecule has 88 valence electrons. The number of hydrogen-bond acceptors (Lipinski definition) is 5.